The summed E-state index contributed by atoms with van der Waals surface area (Å²) in [6, 6.07) is 25.0. The van der Waals surface area contributed by atoms with E-state index in [-0.39, 0.29) is 11.8 Å². The Balaban J connectivity index is 1.27. The summed E-state index contributed by atoms with van der Waals surface area (Å²) in [7, 11) is 0. The molecule has 3 N–H and O–H groups in total. The van der Waals surface area contributed by atoms with Crippen molar-refractivity contribution in [2.75, 3.05) is 29.2 Å². The van der Waals surface area contributed by atoms with E-state index in [2.05, 4.69) is 26.7 Å². The first-order valence-corrected chi connectivity index (χ1v) is 14.2. The number of nitrogens with zero attached hydrogens (tertiary/aromatic N) is 3. The molecule has 2 aromatic heterocycles. The number of benzene rings is 3. The third-order valence-electron chi connectivity index (χ3n) is 5.88. The van der Waals surface area contributed by atoms with E-state index < -0.39 is 0 Å². The van der Waals surface area contributed by atoms with Gasteiger partial charge in [-0.15, -0.1) is 0 Å². The number of aryl methyl sites for hydroxylation is 1. The lowest BCUT2D eigenvalue weighted by atomic mass is 10.1. The van der Waals surface area contributed by atoms with Crippen molar-refractivity contribution < 1.29 is 9.90 Å². The van der Waals surface area contributed by atoms with E-state index in [4.69, 9.17) is 0 Å². The molecule has 0 atom stereocenters. The van der Waals surface area contributed by atoms with Crippen LogP contribution in [0.3, 0.4) is 0 Å². The minimum Gasteiger partial charge on any atom is -0.493 e. The number of anilines is 3. The molecule has 0 bridgehead atoms. The predicted octanol–water partition coefficient (Wildman–Crippen LogP) is 6.19. The molecule has 37 heavy (non-hydrogen) atoms. The molecular formula is C28H27N5O2S2. The fourth-order valence-electron chi connectivity index (χ4n) is 3.96. The molecule has 5 rings (SSSR count). The van der Waals surface area contributed by atoms with E-state index in [1.807, 2.05) is 54.8 Å². The zero-order valence-corrected chi connectivity index (χ0v) is 22.0. The van der Waals surface area contributed by atoms with E-state index in [9.17, 15) is 9.90 Å². The van der Waals surface area contributed by atoms with Crippen LogP contribution >= 0.6 is 23.1 Å². The standard InChI is InChI=1S/C28H27N5O2S2/c1-36-18-16-23-26(35)33(25(34)20-7-3-2-4-8-20)27(31-23)30-21-13-11-19(12-14-21)15-17-29-28-32-22-9-5-6-10-24(22)37-28/h2-14,35H,15-18H2,1H3,(H,29,32)(H,30,31). The summed E-state index contributed by atoms with van der Waals surface area (Å²) >= 11 is 3.32. The van der Waals surface area contributed by atoms with Crippen molar-refractivity contribution in [3.63, 3.8) is 0 Å². The van der Waals surface area contributed by atoms with Crippen molar-refractivity contribution >= 4 is 56.0 Å². The van der Waals surface area contributed by atoms with E-state index in [0.717, 1.165) is 35.1 Å². The topological polar surface area (TPSA) is 92.1 Å². The molecule has 0 amide bonds. The Bertz CT molecular complexity index is 1460. The third kappa shape index (κ3) is 5.79. The first kappa shape index (κ1) is 24.9. The molecule has 0 saturated heterocycles. The Morgan fingerprint density at radius 3 is 2.49 bits per heavy atom. The summed E-state index contributed by atoms with van der Waals surface area (Å²) in [4.78, 5) is 22.4. The van der Waals surface area contributed by atoms with Crippen LogP contribution in [-0.2, 0) is 12.8 Å². The molecule has 0 aliphatic heterocycles. The van der Waals surface area contributed by atoms with Gasteiger partial charge in [-0.3, -0.25) is 4.79 Å². The van der Waals surface area contributed by atoms with E-state index in [0.29, 0.717) is 23.6 Å². The van der Waals surface area contributed by atoms with Crippen LogP contribution in [0.2, 0.25) is 0 Å². The van der Waals surface area contributed by atoms with Gasteiger partial charge in [-0.1, -0.05) is 53.8 Å². The monoisotopic (exact) mass is 529 g/mol. The number of thioether (sulfide) groups is 1. The first-order valence-electron chi connectivity index (χ1n) is 12.0. The molecular weight excluding hydrogens is 502 g/mol. The highest BCUT2D eigenvalue weighted by atomic mass is 32.2. The van der Waals surface area contributed by atoms with Crippen LogP contribution in [0.25, 0.3) is 10.2 Å². The fourth-order valence-corrected chi connectivity index (χ4v) is 5.24. The molecule has 2 heterocycles. The number of carbonyl (C=O) groups is 1. The summed E-state index contributed by atoms with van der Waals surface area (Å²) in [5.41, 5.74) is 3.94. The molecule has 7 nitrogen and oxygen atoms in total. The van der Waals surface area contributed by atoms with Crippen LogP contribution < -0.4 is 10.6 Å². The quantitative estimate of drug-likeness (QED) is 0.199. The maximum absolute atomic E-state index is 13.2. The highest BCUT2D eigenvalue weighted by molar-refractivity contribution is 7.98. The number of rotatable bonds is 10. The van der Waals surface area contributed by atoms with Crippen LogP contribution in [0.15, 0.2) is 78.9 Å². The number of aromatic hydroxyl groups is 1. The summed E-state index contributed by atoms with van der Waals surface area (Å²) in [6.45, 7) is 0.773. The minimum absolute atomic E-state index is 0.122. The van der Waals surface area contributed by atoms with Crippen LogP contribution in [0.4, 0.5) is 16.8 Å². The summed E-state index contributed by atoms with van der Waals surface area (Å²) in [5, 5.41) is 18.4. The molecule has 0 radical (unpaired) electrons. The molecule has 0 saturated carbocycles. The van der Waals surface area contributed by atoms with Crippen molar-refractivity contribution in [2.24, 2.45) is 0 Å². The van der Waals surface area contributed by atoms with Crippen LogP contribution in [0.5, 0.6) is 5.88 Å². The molecule has 5 aromatic rings. The van der Waals surface area contributed by atoms with Gasteiger partial charge in [-0.25, -0.2) is 14.5 Å². The number of hydrogen-bond donors (Lipinski definition) is 3. The summed E-state index contributed by atoms with van der Waals surface area (Å²) in [6.07, 6.45) is 3.41. The summed E-state index contributed by atoms with van der Waals surface area (Å²) < 4.78 is 2.42. The second-order valence-electron chi connectivity index (χ2n) is 8.44. The number of nitrogens with one attached hydrogen (secondary N) is 2. The average Bonchev–Trinajstić information content (AvgIpc) is 3.48. The van der Waals surface area contributed by atoms with Gasteiger partial charge in [-0.2, -0.15) is 11.8 Å². The highest BCUT2D eigenvalue weighted by Gasteiger charge is 2.22. The van der Waals surface area contributed by atoms with Gasteiger partial charge in [-0.05, 0) is 60.4 Å². The number of fused-ring (bicyclic) bond motifs is 1. The molecule has 9 heteroatoms. The largest absolute Gasteiger partial charge is 0.493 e. The van der Waals surface area contributed by atoms with Gasteiger partial charge >= 0.3 is 0 Å². The highest BCUT2D eigenvalue weighted by Crippen LogP contribution is 2.28. The number of imidazole rings is 1. The van der Waals surface area contributed by atoms with Crippen LogP contribution in [-0.4, -0.2) is 44.1 Å². The van der Waals surface area contributed by atoms with Gasteiger partial charge in [0.1, 0.15) is 5.69 Å². The van der Waals surface area contributed by atoms with Gasteiger partial charge in [0, 0.05) is 24.2 Å². The lowest BCUT2D eigenvalue weighted by molar-refractivity contribution is 0.0953. The first-order chi connectivity index (χ1) is 18.1. The molecule has 0 fully saturated rings. The van der Waals surface area contributed by atoms with Crippen molar-refractivity contribution in [1.29, 1.82) is 0 Å². The van der Waals surface area contributed by atoms with Crippen molar-refractivity contribution in [1.82, 2.24) is 14.5 Å². The Labute approximate surface area is 223 Å². The molecule has 3 aromatic carbocycles. The van der Waals surface area contributed by atoms with Gasteiger partial charge in [0.25, 0.3) is 5.91 Å². The second kappa shape index (κ2) is 11.5. The third-order valence-corrected chi connectivity index (χ3v) is 7.49. The number of carbonyl (C=O) groups excluding carboxylic acids is 1. The van der Waals surface area contributed by atoms with E-state index in [1.54, 1.807) is 47.4 Å². The van der Waals surface area contributed by atoms with Crippen LogP contribution in [0, 0.1) is 0 Å². The zero-order valence-electron chi connectivity index (χ0n) is 20.3. The number of thiazole rings is 1. The molecule has 0 unspecified atom stereocenters. The normalized spacial score (nSPS) is 11.1. The van der Waals surface area contributed by atoms with Gasteiger partial charge < -0.3 is 15.7 Å². The van der Waals surface area contributed by atoms with Gasteiger partial charge in [0.05, 0.1) is 10.2 Å². The van der Waals surface area contributed by atoms with Gasteiger partial charge in [0.15, 0.2) is 5.13 Å². The predicted molar refractivity (Wildman–Crippen MR) is 154 cm³/mol. The van der Waals surface area contributed by atoms with E-state index in [1.165, 1.54) is 14.8 Å². The fraction of sp³-hybridized carbons (Fsp3) is 0.179. The maximum Gasteiger partial charge on any atom is 0.267 e. The lowest BCUT2D eigenvalue weighted by Gasteiger charge is -2.10. The van der Waals surface area contributed by atoms with Gasteiger partial charge in [0.2, 0.25) is 11.8 Å². The number of para-hydroxylation sites is 1. The molecule has 0 spiro atoms. The van der Waals surface area contributed by atoms with E-state index >= 15 is 0 Å². The lowest BCUT2D eigenvalue weighted by Crippen LogP contribution is -2.14. The molecule has 0 aliphatic rings. The molecule has 188 valence electrons. The smallest absolute Gasteiger partial charge is 0.267 e. The Hall–Kier alpha value is -3.82. The van der Waals surface area contributed by atoms with Crippen molar-refractivity contribution in [3.8, 4) is 5.88 Å². The Morgan fingerprint density at radius 1 is 0.973 bits per heavy atom. The Morgan fingerprint density at radius 2 is 1.73 bits per heavy atom. The van der Waals surface area contributed by atoms with Crippen LogP contribution in [0.1, 0.15) is 21.6 Å². The molecule has 0 aliphatic carbocycles. The number of aromatic nitrogens is 3. The minimum atomic E-state index is -0.332. The SMILES string of the molecule is CSCCc1nc(Nc2ccc(CCNc3nc4ccccc4s3)cc2)n(C(=O)c2ccccc2)c1O. The summed E-state index contributed by atoms with van der Waals surface area (Å²) in [5.74, 6) is 0.639. The van der Waals surface area contributed by atoms with Crippen molar-refractivity contribution in [3.05, 3.63) is 95.7 Å². The second-order valence-corrected chi connectivity index (χ2v) is 10.5. The van der Waals surface area contributed by atoms with Crippen molar-refractivity contribution in [2.45, 2.75) is 12.8 Å². The zero-order chi connectivity index (χ0) is 25.6. The maximum atomic E-state index is 13.2. The number of hydrogen-bond acceptors (Lipinski definition) is 8. The average molecular weight is 530 g/mol. The Kier molecular flexibility index (Phi) is 7.72.